The molecule has 0 radical (unpaired) electrons. The zero-order valence-electron chi connectivity index (χ0n) is 16.9. The molecule has 2 aliphatic heterocycles. The van der Waals surface area contributed by atoms with E-state index in [0.29, 0.717) is 32.2 Å². The second-order valence-corrected chi connectivity index (χ2v) is 9.39. The average Bonchev–Trinajstić information content (AvgIpc) is 2.74. The normalized spacial score (nSPS) is 21.3. The van der Waals surface area contributed by atoms with Crippen LogP contribution in [-0.2, 0) is 14.8 Å². The fourth-order valence-electron chi connectivity index (χ4n) is 3.82. The highest BCUT2D eigenvalue weighted by atomic mass is 32.2. The number of carbonyl (C=O) groups is 1. The van der Waals surface area contributed by atoms with Crippen molar-refractivity contribution in [2.24, 2.45) is 0 Å². The minimum Gasteiger partial charge on any atom is -0.339 e. The van der Waals surface area contributed by atoms with Crippen molar-refractivity contribution in [3.63, 3.8) is 0 Å². The molecule has 0 N–H and O–H groups in total. The summed E-state index contributed by atoms with van der Waals surface area (Å²) >= 11 is 0. The second kappa shape index (κ2) is 9.03. The summed E-state index contributed by atoms with van der Waals surface area (Å²) in [7, 11) is -3.90. The summed E-state index contributed by atoms with van der Waals surface area (Å²) in [5.74, 6) is -2.20. The Morgan fingerprint density at radius 1 is 1.00 bits per heavy atom. The van der Waals surface area contributed by atoms with Crippen LogP contribution in [0, 0.1) is 11.6 Å². The van der Waals surface area contributed by atoms with E-state index in [0.717, 1.165) is 31.8 Å². The van der Waals surface area contributed by atoms with Crippen molar-refractivity contribution in [3.8, 4) is 0 Å². The van der Waals surface area contributed by atoms with Crippen molar-refractivity contribution in [3.05, 3.63) is 29.8 Å². The molecule has 0 spiro atoms. The first kappa shape index (κ1) is 22.1. The summed E-state index contributed by atoms with van der Waals surface area (Å²) < 4.78 is 53.2. The number of likely N-dealkylation sites (N-methyl/N-ethyl adjacent to an activating group) is 1. The van der Waals surface area contributed by atoms with Crippen LogP contribution in [0.25, 0.3) is 0 Å². The van der Waals surface area contributed by atoms with Gasteiger partial charge in [0.25, 0.3) is 0 Å². The van der Waals surface area contributed by atoms with E-state index in [1.54, 1.807) is 0 Å². The molecule has 0 unspecified atom stereocenters. The number of halogens is 2. The molecule has 1 atom stereocenters. The Labute approximate surface area is 170 Å². The van der Waals surface area contributed by atoms with E-state index in [-0.39, 0.29) is 29.9 Å². The van der Waals surface area contributed by atoms with Crippen LogP contribution in [0.5, 0.6) is 0 Å². The minimum absolute atomic E-state index is 0.0673. The molecule has 1 aromatic carbocycles. The highest BCUT2D eigenvalue weighted by molar-refractivity contribution is 7.89. The third-order valence-corrected chi connectivity index (χ3v) is 7.73. The summed E-state index contributed by atoms with van der Waals surface area (Å²) in [6, 6.07) is 2.27. The van der Waals surface area contributed by atoms with E-state index in [4.69, 9.17) is 0 Å². The van der Waals surface area contributed by atoms with Crippen LogP contribution in [0.1, 0.15) is 13.8 Å². The molecule has 2 saturated heterocycles. The molecule has 3 rings (SSSR count). The fraction of sp³-hybridized carbons (Fsp3) is 0.632. The molecule has 10 heteroatoms. The molecule has 0 aliphatic carbocycles. The highest BCUT2D eigenvalue weighted by Gasteiger charge is 2.34. The van der Waals surface area contributed by atoms with Gasteiger partial charge in [-0.05, 0) is 31.7 Å². The molecule has 2 aliphatic rings. The third kappa shape index (κ3) is 4.76. The fourth-order valence-corrected chi connectivity index (χ4v) is 5.26. The van der Waals surface area contributed by atoms with E-state index in [1.807, 2.05) is 16.7 Å². The second-order valence-electron chi connectivity index (χ2n) is 7.45. The first-order chi connectivity index (χ1) is 13.7. The number of piperazine rings is 2. The van der Waals surface area contributed by atoms with Crippen molar-refractivity contribution >= 4 is 15.9 Å². The lowest BCUT2D eigenvalue weighted by Gasteiger charge is -2.40. The monoisotopic (exact) mass is 430 g/mol. The number of hydrogen-bond acceptors (Lipinski definition) is 5. The Hall–Kier alpha value is -1.62. The number of rotatable bonds is 5. The minimum atomic E-state index is -3.90. The summed E-state index contributed by atoms with van der Waals surface area (Å²) in [4.78, 5) is 18.7. The Morgan fingerprint density at radius 3 is 2.17 bits per heavy atom. The van der Waals surface area contributed by atoms with Crippen LogP contribution in [-0.4, -0.2) is 98.3 Å². The largest absolute Gasteiger partial charge is 0.339 e. The Kier molecular flexibility index (Phi) is 6.87. The number of amides is 1. The van der Waals surface area contributed by atoms with Gasteiger partial charge in [-0.25, -0.2) is 17.2 Å². The quantitative estimate of drug-likeness (QED) is 0.692. The molecule has 162 valence electrons. The maximum Gasteiger partial charge on any atom is 0.243 e. The van der Waals surface area contributed by atoms with E-state index >= 15 is 0 Å². The number of hydrogen-bond donors (Lipinski definition) is 0. The Morgan fingerprint density at radius 2 is 1.62 bits per heavy atom. The van der Waals surface area contributed by atoms with Crippen LogP contribution in [0.4, 0.5) is 8.78 Å². The molecule has 2 fully saturated rings. The van der Waals surface area contributed by atoms with Gasteiger partial charge in [0.05, 0.1) is 10.9 Å². The number of benzene rings is 1. The predicted octanol–water partition coefficient (Wildman–Crippen LogP) is 0.824. The molecule has 1 amide bonds. The van der Waals surface area contributed by atoms with Gasteiger partial charge < -0.3 is 9.80 Å². The number of sulfonamides is 1. The molecule has 0 aromatic heterocycles. The van der Waals surface area contributed by atoms with Gasteiger partial charge in [-0.2, -0.15) is 4.31 Å². The molecule has 29 heavy (non-hydrogen) atoms. The molecule has 0 saturated carbocycles. The van der Waals surface area contributed by atoms with Crippen molar-refractivity contribution in [2.45, 2.75) is 24.8 Å². The summed E-state index contributed by atoms with van der Waals surface area (Å²) in [5, 5.41) is 0. The van der Waals surface area contributed by atoms with Gasteiger partial charge in [0, 0.05) is 52.4 Å². The summed E-state index contributed by atoms with van der Waals surface area (Å²) in [5.41, 5.74) is 0. The lowest BCUT2D eigenvalue weighted by molar-refractivity contribution is -0.138. The third-order valence-electron chi connectivity index (χ3n) is 5.84. The van der Waals surface area contributed by atoms with Crippen LogP contribution >= 0.6 is 0 Å². The van der Waals surface area contributed by atoms with Crippen LogP contribution in [0.2, 0.25) is 0 Å². The van der Waals surface area contributed by atoms with Gasteiger partial charge in [0.15, 0.2) is 11.6 Å². The van der Waals surface area contributed by atoms with Crippen molar-refractivity contribution in [1.29, 1.82) is 0 Å². The van der Waals surface area contributed by atoms with Crippen LogP contribution in [0.15, 0.2) is 23.1 Å². The van der Waals surface area contributed by atoms with E-state index in [2.05, 4.69) is 11.8 Å². The molecule has 7 nitrogen and oxygen atoms in total. The van der Waals surface area contributed by atoms with Crippen molar-refractivity contribution < 1.29 is 22.0 Å². The van der Waals surface area contributed by atoms with E-state index < -0.39 is 21.7 Å². The molecule has 0 bridgehead atoms. The Balaban J connectivity index is 1.58. The van der Waals surface area contributed by atoms with Crippen LogP contribution in [0.3, 0.4) is 0 Å². The first-order valence-corrected chi connectivity index (χ1v) is 11.4. The molecule has 2 heterocycles. The van der Waals surface area contributed by atoms with Gasteiger partial charge in [0.2, 0.25) is 15.9 Å². The van der Waals surface area contributed by atoms with Crippen LogP contribution < -0.4 is 0 Å². The highest BCUT2D eigenvalue weighted by Crippen LogP contribution is 2.21. The first-order valence-electron chi connectivity index (χ1n) is 9.94. The van der Waals surface area contributed by atoms with Gasteiger partial charge >= 0.3 is 0 Å². The average molecular weight is 431 g/mol. The van der Waals surface area contributed by atoms with E-state index in [9.17, 15) is 22.0 Å². The standard InChI is InChI=1S/C19H28F2N4O3S/c1-3-22-6-8-24(9-7-22)19(26)15(2)23-10-12-25(13-11-23)29(27,28)16-4-5-17(20)18(21)14-16/h4-5,14-15H,3,6-13H2,1-2H3/t15-/m1/s1. The van der Waals surface area contributed by atoms with Crippen molar-refractivity contribution in [2.75, 3.05) is 58.9 Å². The zero-order valence-corrected chi connectivity index (χ0v) is 17.7. The topological polar surface area (TPSA) is 64.2 Å². The Bertz CT molecular complexity index is 836. The number of nitrogens with zero attached hydrogens (tertiary/aromatic N) is 4. The lowest BCUT2D eigenvalue weighted by Crippen LogP contribution is -2.57. The maximum atomic E-state index is 13.4. The number of carbonyl (C=O) groups excluding carboxylic acids is 1. The predicted molar refractivity (Wildman–Crippen MR) is 105 cm³/mol. The lowest BCUT2D eigenvalue weighted by atomic mass is 10.2. The maximum absolute atomic E-state index is 13.4. The smallest absolute Gasteiger partial charge is 0.243 e. The van der Waals surface area contributed by atoms with Gasteiger partial charge in [-0.3, -0.25) is 9.69 Å². The molecular weight excluding hydrogens is 402 g/mol. The molecule has 1 aromatic rings. The van der Waals surface area contributed by atoms with Gasteiger partial charge in [0.1, 0.15) is 0 Å². The van der Waals surface area contributed by atoms with Gasteiger partial charge in [-0.15, -0.1) is 0 Å². The molecular formula is C19H28F2N4O3S. The summed E-state index contributed by atoms with van der Waals surface area (Å²) in [6.07, 6.45) is 0. The SMILES string of the molecule is CCN1CCN(C(=O)[C@@H](C)N2CCN(S(=O)(=O)c3ccc(F)c(F)c3)CC2)CC1. The van der Waals surface area contributed by atoms with Gasteiger partial charge in [-0.1, -0.05) is 6.92 Å². The van der Waals surface area contributed by atoms with E-state index in [1.165, 1.54) is 4.31 Å². The summed E-state index contributed by atoms with van der Waals surface area (Å²) in [6.45, 7) is 9.31. The van der Waals surface area contributed by atoms with Crippen molar-refractivity contribution in [1.82, 2.24) is 19.0 Å². The zero-order chi connectivity index (χ0) is 21.2.